The van der Waals surface area contributed by atoms with Crippen LogP contribution in [0.4, 0.5) is 4.39 Å². The van der Waals surface area contributed by atoms with E-state index in [1.807, 2.05) is 0 Å². The lowest BCUT2D eigenvalue weighted by molar-refractivity contribution is 0.602. The van der Waals surface area contributed by atoms with Crippen molar-refractivity contribution in [1.29, 1.82) is 0 Å². The van der Waals surface area contributed by atoms with Gasteiger partial charge >= 0.3 is 0 Å². The number of thioether (sulfide) groups is 1. The average Bonchev–Trinajstić information content (AvgIpc) is 2.36. The van der Waals surface area contributed by atoms with E-state index in [1.54, 1.807) is 24.8 Å². The van der Waals surface area contributed by atoms with Gasteiger partial charge in [-0.15, -0.1) is 11.8 Å². The number of nitrogens with zero attached hydrogens (tertiary/aromatic N) is 1. The van der Waals surface area contributed by atoms with E-state index in [1.165, 1.54) is 0 Å². The molecule has 0 radical (unpaired) electrons. The summed E-state index contributed by atoms with van der Waals surface area (Å²) in [5.74, 6) is 0.872. The van der Waals surface area contributed by atoms with Crippen molar-refractivity contribution >= 4 is 11.8 Å². The highest BCUT2D eigenvalue weighted by molar-refractivity contribution is 7.99. The van der Waals surface area contributed by atoms with Crippen LogP contribution in [-0.2, 0) is 6.42 Å². The van der Waals surface area contributed by atoms with Crippen LogP contribution in [0.3, 0.4) is 0 Å². The Labute approximate surface area is 69.0 Å². The van der Waals surface area contributed by atoms with Crippen molar-refractivity contribution in [1.82, 2.24) is 4.98 Å². The van der Waals surface area contributed by atoms with Gasteiger partial charge in [0.05, 0.1) is 10.7 Å². The van der Waals surface area contributed by atoms with Crippen molar-refractivity contribution in [3.8, 4) is 0 Å². The first kappa shape index (κ1) is 7.10. The average molecular weight is 169 g/mol. The second kappa shape index (κ2) is 2.48. The smallest absolute Gasteiger partial charge is 0.144 e. The normalized spacial score (nSPS) is 15.1. The fourth-order valence-corrected chi connectivity index (χ4v) is 2.22. The Hall–Kier alpha value is -0.570. The van der Waals surface area contributed by atoms with Gasteiger partial charge in [0.1, 0.15) is 5.82 Å². The lowest BCUT2D eigenvalue weighted by Crippen LogP contribution is -1.92. The molecular weight excluding hydrogens is 161 g/mol. The fraction of sp³-hybridized carbons (Fsp3) is 0.375. The summed E-state index contributed by atoms with van der Waals surface area (Å²) in [6, 6.07) is 1.61. The van der Waals surface area contributed by atoms with Crippen LogP contribution in [0, 0.1) is 12.7 Å². The Morgan fingerprint density at radius 2 is 2.45 bits per heavy atom. The molecule has 0 bridgehead atoms. The number of hydrogen-bond donors (Lipinski definition) is 0. The number of aromatic nitrogens is 1. The number of rotatable bonds is 0. The van der Waals surface area contributed by atoms with Gasteiger partial charge in [-0.05, 0) is 25.0 Å². The zero-order valence-electron chi connectivity index (χ0n) is 6.22. The first-order chi connectivity index (χ1) is 5.27. The number of halogens is 1. The monoisotopic (exact) mass is 169 g/mol. The van der Waals surface area contributed by atoms with Crippen molar-refractivity contribution in [2.24, 2.45) is 0 Å². The van der Waals surface area contributed by atoms with Crippen LogP contribution >= 0.6 is 11.8 Å². The molecule has 0 atom stereocenters. The van der Waals surface area contributed by atoms with Gasteiger partial charge in [0.25, 0.3) is 0 Å². The quantitative estimate of drug-likeness (QED) is 0.590. The van der Waals surface area contributed by atoms with Gasteiger partial charge in [0.15, 0.2) is 0 Å². The van der Waals surface area contributed by atoms with Gasteiger partial charge in [-0.25, -0.2) is 9.37 Å². The third-order valence-electron chi connectivity index (χ3n) is 1.80. The molecule has 58 valence electrons. The Morgan fingerprint density at radius 3 is 3.27 bits per heavy atom. The number of hydrogen-bond acceptors (Lipinski definition) is 2. The van der Waals surface area contributed by atoms with Gasteiger partial charge in [-0.2, -0.15) is 0 Å². The van der Waals surface area contributed by atoms with Crippen LogP contribution in [0.25, 0.3) is 0 Å². The van der Waals surface area contributed by atoms with E-state index in [0.29, 0.717) is 5.69 Å². The van der Waals surface area contributed by atoms with Crippen molar-refractivity contribution in [2.75, 3.05) is 5.75 Å². The molecule has 0 aliphatic carbocycles. The molecule has 0 unspecified atom stereocenters. The zero-order chi connectivity index (χ0) is 7.84. The van der Waals surface area contributed by atoms with Gasteiger partial charge in [0, 0.05) is 5.75 Å². The standard InChI is InChI=1S/C8H8FNS/c1-5-7(9)4-6-2-3-11-8(6)10-5/h4H,2-3H2,1H3. The minimum absolute atomic E-state index is 0.175. The van der Waals surface area contributed by atoms with E-state index < -0.39 is 0 Å². The van der Waals surface area contributed by atoms with E-state index in [4.69, 9.17) is 0 Å². The second-order valence-corrected chi connectivity index (χ2v) is 3.70. The van der Waals surface area contributed by atoms with Gasteiger partial charge in [0.2, 0.25) is 0 Å². The summed E-state index contributed by atoms with van der Waals surface area (Å²) >= 11 is 1.71. The predicted molar refractivity (Wildman–Crippen MR) is 43.4 cm³/mol. The molecule has 0 saturated heterocycles. The highest BCUT2D eigenvalue weighted by atomic mass is 32.2. The molecule has 1 nitrogen and oxygen atoms in total. The summed E-state index contributed by atoms with van der Waals surface area (Å²) < 4.78 is 12.9. The summed E-state index contributed by atoms with van der Waals surface area (Å²) in [5, 5.41) is 1.02. The Bertz CT molecular complexity index is 269. The van der Waals surface area contributed by atoms with E-state index in [0.717, 1.165) is 22.8 Å². The highest BCUT2D eigenvalue weighted by Gasteiger charge is 2.14. The summed E-state index contributed by atoms with van der Waals surface area (Å²) in [7, 11) is 0. The van der Waals surface area contributed by atoms with Crippen LogP contribution in [0.5, 0.6) is 0 Å². The summed E-state index contributed by atoms with van der Waals surface area (Å²) in [6.45, 7) is 1.70. The maximum Gasteiger partial charge on any atom is 0.144 e. The number of fused-ring (bicyclic) bond motifs is 1. The van der Waals surface area contributed by atoms with E-state index in [-0.39, 0.29) is 5.82 Å². The predicted octanol–water partition coefficient (Wildman–Crippen LogP) is 2.18. The maximum atomic E-state index is 12.9. The van der Waals surface area contributed by atoms with Crippen molar-refractivity contribution < 1.29 is 4.39 Å². The highest BCUT2D eigenvalue weighted by Crippen LogP contribution is 2.29. The molecule has 0 spiro atoms. The Balaban J connectivity index is 2.57. The molecule has 0 aromatic carbocycles. The number of pyridine rings is 1. The molecule has 0 saturated carbocycles. The first-order valence-corrected chi connectivity index (χ1v) is 4.55. The molecular formula is C8H8FNS. The molecule has 0 fully saturated rings. The maximum absolute atomic E-state index is 12.9. The van der Waals surface area contributed by atoms with Crippen LogP contribution in [0.15, 0.2) is 11.1 Å². The molecule has 1 aliphatic heterocycles. The van der Waals surface area contributed by atoms with E-state index >= 15 is 0 Å². The van der Waals surface area contributed by atoms with Crippen molar-refractivity contribution in [3.63, 3.8) is 0 Å². The lowest BCUT2D eigenvalue weighted by atomic mass is 10.2. The minimum Gasteiger partial charge on any atom is -0.243 e. The van der Waals surface area contributed by atoms with E-state index in [2.05, 4.69) is 4.98 Å². The molecule has 1 aliphatic rings. The molecule has 2 rings (SSSR count). The van der Waals surface area contributed by atoms with Crippen molar-refractivity contribution in [2.45, 2.75) is 18.4 Å². The molecule has 1 aromatic heterocycles. The lowest BCUT2D eigenvalue weighted by Gasteiger charge is -1.99. The van der Waals surface area contributed by atoms with Gasteiger partial charge in [-0.3, -0.25) is 0 Å². The van der Waals surface area contributed by atoms with Crippen LogP contribution in [0.1, 0.15) is 11.3 Å². The van der Waals surface area contributed by atoms with Gasteiger partial charge < -0.3 is 0 Å². The summed E-state index contributed by atoms with van der Waals surface area (Å²) in [6.07, 6.45) is 0.962. The number of aryl methyl sites for hydroxylation is 2. The molecule has 0 amide bonds. The Morgan fingerprint density at radius 1 is 1.64 bits per heavy atom. The molecule has 3 heteroatoms. The third kappa shape index (κ3) is 1.13. The second-order valence-electron chi connectivity index (χ2n) is 2.62. The van der Waals surface area contributed by atoms with Crippen molar-refractivity contribution in [3.05, 3.63) is 23.1 Å². The minimum atomic E-state index is -0.175. The molecule has 1 aromatic rings. The van der Waals surface area contributed by atoms with Gasteiger partial charge in [-0.1, -0.05) is 0 Å². The van der Waals surface area contributed by atoms with Crippen LogP contribution in [0.2, 0.25) is 0 Å². The largest absolute Gasteiger partial charge is 0.243 e. The summed E-state index contributed by atoms with van der Waals surface area (Å²) in [4.78, 5) is 4.14. The first-order valence-electron chi connectivity index (χ1n) is 3.56. The molecule has 2 heterocycles. The zero-order valence-corrected chi connectivity index (χ0v) is 7.04. The topological polar surface area (TPSA) is 12.9 Å². The van der Waals surface area contributed by atoms with Crippen LogP contribution < -0.4 is 0 Å². The SMILES string of the molecule is Cc1nc2c(cc1F)CCS2. The molecule has 0 N–H and O–H groups in total. The third-order valence-corrected chi connectivity index (χ3v) is 2.84. The van der Waals surface area contributed by atoms with E-state index in [9.17, 15) is 4.39 Å². The Kier molecular flexibility index (Phi) is 1.60. The molecule has 11 heavy (non-hydrogen) atoms. The van der Waals surface area contributed by atoms with Crippen LogP contribution in [-0.4, -0.2) is 10.7 Å². The summed E-state index contributed by atoms with van der Waals surface area (Å²) in [5.41, 5.74) is 1.58. The fourth-order valence-electron chi connectivity index (χ4n) is 1.16.